The average molecular weight is 432 g/mol. The summed E-state index contributed by atoms with van der Waals surface area (Å²) in [5.41, 5.74) is 1.88. The van der Waals surface area contributed by atoms with E-state index in [0.717, 1.165) is 61.1 Å². The zero-order valence-corrected chi connectivity index (χ0v) is 19.0. The molecule has 3 atom stereocenters. The average Bonchev–Trinajstić information content (AvgIpc) is 3.26. The van der Waals surface area contributed by atoms with Gasteiger partial charge in [-0.1, -0.05) is 13.3 Å². The molecule has 30 heavy (non-hydrogen) atoms. The summed E-state index contributed by atoms with van der Waals surface area (Å²) >= 11 is 0. The van der Waals surface area contributed by atoms with Crippen LogP contribution in [0.3, 0.4) is 0 Å². The lowest BCUT2D eigenvalue weighted by atomic mass is 9.95. The fraction of sp³-hybridized carbons (Fsp3) is 0.545. The van der Waals surface area contributed by atoms with Gasteiger partial charge in [-0.3, -0.25) is 4.21 Å². The molecule has 3 rings (SSSR count). The summed E-state index contributed by atoms with van der Waals surface area (Å²) in [6, 6.07) is 10.1. The second kappa shape index (κ2) is 11.2. The number of methoxy groups -OCH3 is 1. The van der Waals surface area contributed by atoms with Gasteiger partial charge in [-0.15, -0.1) is 0 Å². The largest absolute Gasteiger partial charge is 0.497 e. The van der Waals surface area contributed by atoms with Crippen LogP contribution in [0, 0.1) is 0 Å². The van der Waals surface area contributed by atoms with Gasteiger partial charge in [0.1, 0.15) is 5.75 Å². The number of benzene rings is 1. The van der Waals surface area contributed by atoms with Crippen LogP contribution in [0.25, 0.3) is 5.69 Å². The molecule has 1 fully saturated rings. The summed E-state index contributed by atoms with van der Waals surface area (Å²) in [7, 11) is 0.934. The molecule has 164 valence electrons. The van der Waals surface area contributed by atoms with E-state index in [2.05, 4.69) is 22.7 Å². The number of hydrogen-bond acceptors (Lipinski definition) is 4. The Morgan fingerprint density at radius 1 is 1.27 bits per heavy atom. The van der Waals surface area contributed by atoms with Gasteiger partial charge in [-0.05, 0) is 56.5 Å². The minimum Gasteiger partial charge on any atom is -0.497 e. The number of nitrogens with zero attached hydrogens (tertiary/aromatic N) is 3. The first kappa shape index (κ1) is 22.3. The van der Waals surface area contributed by atoms with Gasteiger partial charge < -0.3 is 15.4 Å². The van der Waals surface area contributed by atoms with Gasteiger partial charge in [0.25, 0.3) is 0 Å². The number of aromatic nitrogens is 2. The number of guanidine groups is 1. The van der Waals surface area contributed by atoms with Crippen molar-refractivity contribution in [1.82, 2.24) is 20.4 Å². The summed E-state index contributed by atoms with van der Waals surface area (Å²) in [5.74, 6) is 2.36. The highest BCUT2D eigenvalue weighted by molar-refractivity contribution is 7.85. The van der Waals surface area contributed by atoms with Crippen molar-refractivity contribution in [3.8, 4) is 11.4 Å². The van der Waals surface area contributed by atoms with E-state index in [0.29, 0.717) is 17.8 Å². The first-order valence-electron chi connectivity index (χ1n) is 10.7. The van der Waals surface area contributed by atoms with Crippen molar-refractivity contribution in [2.45, 2.75) is 57.4 Å². The maximum absolute atomic E-state index is 12.2. The fourth-order valence-corrected chi connectivity index (χ4v) is 5.10. The van der Waals surface area contributed by atoms with Crippen LogP contribution in [-0.2, 0) is 17.3 Å². The summed E-state index contributed by atoms with van der Waals surface area (Å²) in [6.45, 7) is 5.36. The molecule has 2 aromatic rings. The molecule has 0 amide bonds. The highest BCUT2D eigenvalue weighted by atomic mass is 32.2. The van der Waals surface area contributed by atoms with Crippen LogP contribution in [0.2, 0.25) is 0 Å². The van der Waals surface area contributed by atoms with Gasteiger partial charge >= 0.3 is 0 Å². The van der Waals surface area contributed by atoms with Crippen LogP contribution in [0.4, 0.5) is 0 Å². The molecule has 3 unspecified atom stereocenters. The molecule has 0 spiro atoms. The summed E-state index contributed by atoms with van der Waals surface area (Å²) in [5, 5.41) is 11.8. The molecule has 0 bridgehead atoms. The normalized spacial score (nSPS) is 20.6. The smallest absolute Gasteiger partial charge is 0.191 e. The Hall–Kier alpha value is -2.35. The van der Waals surface area contributed by atoms with Gasteiger partial charge in [0.2, 0.25) is 0 Å². The van der Waals surface area contributed by atoms with Crippen molar-refractivity contribution < 1.29 is 8.95 Å². The Kier molecular flexibility index (Phi) is 8.30. The van der Waals surface area contributed by atoms with Gasteiger partial charge in [0.15, 0.2) is 5.96 Å². The SMILES string of the molecule is CCNC(=NCc1ccn(-c2ccc(OC)cc2)n1)NC1CCCC(S(=O)CC)C1. The fourth-order valence-electron chi connectivity index (χ4n) is 3.75. The predicted molar refractivity (Wildman–Crippen MR) is 123 cm³/mol. The number of nitrogens with one attached hydrogen (secondary N) is 2. The Morgan fingerprint density at radius 2 is 2.07 bits per heavy atom. The molecule has 7 nitrogen and oxygen atoms in total. The van der Waals surface area contributed by atoms with Gasteiger partial charge in [-0.25, -0.2) is 9.67 Å². The van der Waals surface area contributed by atoms with E-state index < -0.39 is 10.8 Å². The molecular weight excluding hydrogens is 398 g/mol. The van der Waals surface area contributed by atoms with Crippen molar-refractivity contribution >= 4 is 16.8 Å². The summed E-state index contributed by atoms with van der Waals surface area (Å²) in [4.78, 5) is 4.72. The third kappa shape index (κ3) is 6.08. The summed E-state index contributed by atoms with van der Waals surface area (Å²) in [6.07, 6.45) is 6.15. The van der Waals surface area contributed by atoms with E-state index >= 15 is 0 Å². The monoisotopic (exact) mass is 431 g/mol. The first-order valence-corrected chi connectivity index (χ1v) is 12.1. The number of rotatable bonds is 8. The van der Waals surface area contributed by atoms with Crippen LogP contribution in [-0.4, -0.2) is 50.6 Å². The van der Waals surface area contributed by atoms with Crippen molar-refractivity contribution in [2.75, 3.05) is 19.4 Å². The minimum absolute atomic E-state index is 0.296. The van der Waals surface area contributed by atoms with Crippen molar-refractivity contribution in [3.63, 3.8) is 0 Å². The molecule has 1 aromatic heterocycles. The van der Waals surface area contributed by atoms with Crippen LogP contribution in [0.15, 0.2) is 41.5 Å². The lowest BCUT2D eigenvalue weighted by Crippen LogP contribution is -2.46. The van der Waals surface area contributed by atoms with Gasteiger partial charge in [0, 0.05) is 40.6 Å². The molecule has 1 aliphatic carbocycles. The molecule has 8 heteroatoms. The second-order valence-electron chi connectivity index (χ2n) is 7.44. The minimum atomic E-state index is -0.725. The van der Waals surface area contributed by atoms with Crippen LogP contribution in [0.1, 0.15) is 45.2 Å². The molecule has 0 radical (unpaired) electrons. The van der Waals surface area contributed by atoms with Crippen molar-refractivity contribution in [3.05, 3.63) is 42.2 Å². The summed E-state index contributed by atoms with van der Waals surface area (Å²) < 4.78 is 19.3. The van der Waals surface area contributed by atoms with Crippen LogP contribution < -0.4 is 15.4 Å². The lowest BCUT2D eigenvalue weighted by Gasteiger charge is -2.30. The molecule has 1 aliphatic rings. The van der Waals surface area contributed by atoms with E-state index in [9.17, 15) is 4.21 Å². The van der Waals surface area contributed by atoms with Gasteiger partial charge in [0.05, 0.1) is 25.0 Å². The van der Waals surface area contributed by atoms with Crippen LogP contribution >= 0.6 is 0 Å². The van der Waals surface area contributed by atoms with Crippen molar-refractivity contribution in [2.24, 2.45) is 4.99 Å². The van der Waals surface area contributed by atoms with E-state index in [1.165, 1.54) is 0 Å². The molecule has 0 aliphatic heterocycles. The molecule has 0 saturated heterocycles. The Balaban J connectivity index is 1.62. The van der Waals surface area contributed by atoms with E-state index in [1.54, 1.807) is 7.11 Å². The Morgan fingerprint density at radius 3 is 2.77 bits per heavy atom. The Labute approximate surface area is 181 Å². The molecule has 1 saturated carbocycles. The molecular formula is C22H33N5O2S. The topological polar surface area (TPSA) is 80.5 Å². The maximum Gasteiger partial charge on any atom is 0.191 e. The van der Waals surface area contributed by atoms with Gasteiger partial charge in [-0.2, -0.15) is 5.10 Å². The van der Waals surface area contributed by atoms with Crippen LogP contribution in [0.5, 0.6) is 5.75 Å². The molecule has 2 N–H and O–H groups in total. The quantitative estimate of drug-likeness (QED) is 0.496. The highest BCUT2D eigenvalue weighted by Gasteiger charge is 2.26. The zero-order valence-electron chi connectivity index (χ0n) is 18.1. The number of aliphatic imine (C=N–C) groups is 1. The standard InChI is InChI=1S/C22H33N5O2S/c1-4-23-22(25-17-7-6-8-21(15-17)30(28)5-2)24-16-18-13-14-27(26-18)19-9-11-20(29-3)12-10-19/h9-14,17,21H,4-8,15-16H2,1-3H3,(H2,23,24,25). The second-order valence-corrected chi connectivity index (χ2v) is 9.45. The van der Waals surface area contributed by atoms with Crippen molar-refractivity contribution in [1.29, 1.82) is 0 Å². The first-order chi connectivity index (χ1) is 14.6. The molecule has 1 heterocycles. The number of hydrogen-bond donors (Lipinski definition) is 2. The third-order valence-corrected chi connectivity index (χ3v) is 7.09. The zero-order chi connectivity index (χ0) is 21.3. The lowest BCUT2D eigenvalue weighted by molar-refractivity contribution is 0.413. The predicted octanol–water partition coefficient (Wildman–Crippen LogP) is 3.02. The van der Waals surface area contributed by atoms with E-state index in [4.69, 9.17) is 9.73 Å². The maximum atomic E-state index is 12.2. The Bertz CT molecular complexity index is 849. The molecule has 1 aromatic carbocycles. The third-order valence-electron chi connectivity index (χ3n) is 5.35. The van der Waals surface area contributed by atoms with E-state index in [-0.39, 0.29) is 0 Å². The van der Waals surface area contributed by atoms with E-state index in [1.807, 2.05) is 48.1 Å². The highest BCUT2D eigenvalue weighted by Crippen LogP contribution is 2.23. The number of ether oxygens (including phenoxy) is 1.